The molecule has 0 aromatic rings. The van der Waals surface area contributed by atoms with Gasteiger partial charge >= 0.3 is 0 Å². The molecule has 1 saturated heterocycles. The van der Waals surface area contributed by atoms with Crippen molar-refractivity contribution in [3.63, 3.8) is 0 Å². The molecule has 86 valence electrons. The summed E-state index contributed by atoms with van der Waals surface area (Å²) in [6.45, 7) is 6.17. The molecule has 3 heteroatoms. The van der Waals surface area contributed by atoms with Crippen molar-refractivity contribution in [2.45, 2.75) is 45.1 Å². The maximum atomic E-state index is 12.1. The van der Waals surface area contributed by atoms with Gasteiger partial charge < -0.3 is 10.6 Å². The fraction of sp³-hybridized carbons (Fsp3) is 0.917. The van der Waals surface area contributed by atoms with Crippen LogP contribution in [0.5, 0.6) is 0 Å². The van der Waals surface area contributed by atoms with Gasteiger partial charge in [0.2, 0.25) is 5.91 Å². The highest BCUT2D eigenvalue weighted by atomic mass is 16.2. The molecule has 0 aromatic carbocycles. The molecule has 2 N–H and O–H groups in total. The van der Waals surface area contributed by atoms with E-state index >= 15 is 0 Å². The van der Waals surface area contributed by atoms with Gasteiger partial charge in [-0.05, 0) is 38.1 Å². The van der Waals surface area contributed by atoms with Crippen molar-refractivity contribution in [2.24, 2.45) is 11.8 Å². The molecule has 1 heterocycles. The molecular formula is C12H22N2O. The molecule has 3 nitrogen and oxygen atoms in total. The second kappa shape index (κ2) is 4.12. The summed E-state index contributed by atoms with van der Waals surface area (Å²) in [5, 5.41) is 6.55. The zero-order chi connectivity index (χ0) is 10.9. The van der Waals surface area contributed by atoms with Gasteiger partial charge in [0.25, 0.3) is 0 Å². The van der Waals surface area contributed by atoms with Gasteiger partial charge in [0.05, 0.1) is 5.92 Å². The van der Waals surface area contributed by atoms with Crippen LogP contribution in [0.25, 0.3) is 0 Å². The van der Waals surface area contributed by atoms with E-state index in [-0.39, 0.29) is 17.4 Å². The van der Waals surface area contributed by atoms with Crippen molar-refractivity contribution in [3.05, 3.63) is 0 Å². The first-order valence-corrected chi connectivity index (χ1v) is 6.19. The average Bonchev–Trinajstić information content (AvgIpc) is 2.58. The van der Waals surface area contributed by atoms with E-state index in [0.29, 0.717) is 5.92 Å². The highest BCUT2D eigenvalue weighted by molar-refractivity contribution is 5.80. The third kappa shape index (κ3) is 2.03. The quantitative estimate of drug-likeness (QED) is 0.737. The third-order valence-corrected chi connectivity index (χ3v) is 4.23. The first kappa shape index (κ1) is 10.9. The maximum Gasteiger partial charge on any atom is 0.225 e. The lowest BCUT2D eigenvalue weighted by molar-refractivity contribution is -0.128. The number of carbonyl (C=O) groups excluding carboxylic acids is 1. The van der Waals surface area contributed by atoms with Gasteiger partial charge in [0.1, 0.15) is 0 Å². The summed E-state index contributed by atoms with van der Waals surface area (Å²) in [4.78, 5) is 12.1. The number of amides is 1. The van der Waals surface area contributed by atoms with E-state index in [1.807, 2.05) is 0 Å². The van der Waals surface area contributed by atoms with Crippen molar-refractivity contribution >= 4 is 5.91 Å². The van der Waals surface area contributed by atoms with Crippen LogP contribution < -0.4 is 10.6 Å². The number of hydrogen-bond acceptors (Lipinski definition) is 2. The van der Waals surface area contributed by atoms with E-state index in [4.69, 9.17) is 0 Å². The number of nitrogens with one attached hydrogen (secondary N) is 2. The van der Waals surface area contributed by atoms with E-state index in [1.165, 1.54) is 19.3 Å². The number of rotatable bonds is 3. The topological polar surface area (TPSA) is 41.1 Å². The van der Waals surface area contributed by atoms with Gasteiger partial charge in [-0.1, -0.05) is 13.8 Å². The molecule has 0 aromatic heterocycles. The summed E-state index contributed by atoms with van der Waals surface area (Å²) < 4.78 is 0. The zero-order valence-electron chi connectivity index (χ0n) is 9.81. The summed E-state index contributed by atoms with van der Waals surface area (Å²) in [6, 6.07) is 0. The van der Waals surface area contributed by atoms with Crippen LogP contribution in [0.4, 0.5) is 0 Å². The van der Waals surface area contributed by atoms with Crippen LogP contribution in [0.15, 0.2) is 0 Å². The Balaban J connectivity index is 1.91. The lowest BCUT2D eigenvalue weighted by atomic mass is 9.74. The molecule has 2 aliphatic rings. The van der Waals surface area contributed by atoms with Crippen LogP contribution in [0.1, 0.15) is 39.5 Å². The Bertz CT molecular complexity index is 242. The lowest BCUT2D eigenvalue weighted by Gasteiger charge is -2.42. The standard InChI is InChI=1S/C12H22N2O/c1-3-12(5-4-6-12)14-11(15)10-8-13-7-9(10)2/h9-10,13H,3-8H2,1-2H3,(H,14,15)/t9-,10-/m1/s1. The van der Waals surface area contributed by atoms with E-state index in [0.717, 1.165) is 19.5 Å². The summed E-state index contributed by atoms with van der Waals surface area (Å²) in [6.07, 6.45) is 4.69. The molecule has 2 rings (SSSR count). The highest BCUT2D eigenvalue weighted by Gasteiger charge is 2.39. The van der Waals surface area contributed by atoms with Crippen LogP contribution in [0, 0.1) is 11.8 Å². The molecule has 0 unspecified atom stereocenters. The van der Waals surface area contributed by atoms with E-state index in [1.54, 1.807) is 0 Å². The van der Waals surface area contributed by atoms with Gasteiger partial charge in [0, 0.05) is 12.1 Å². The summed E-state index contributed by atoms with van der Waals surface area (Å²) >= 11 is 0. The minimum absolute atomic E-state index is 0.152. The normalized spacial score (nSPS) is 33.5. The fourth-order valence-corrected chi connectivity index (χ4v) is 2.69. The molecule has 1 saturated carbocycles. The van der Waals surface area contributed by atoms with Gasteiger partial charge in [-0.25, -0.2) is 0 Å². The van der Waals surface area contributed by atoms with Crippen molar-refractivity contribution < 1.29 is 4.79 Å². The Labute approximate surface area is 92.0 Å². The Kier molecular flexibility index (Phi) is 3.01. The molecule has 2 atom stereocenters. The molecule has 1 aliphatic heterocycles. The van der Waals surface area contributed by atoms with Gasteiger partial charge in [-0.2, -0.15) is 0 Å². The van der Waals surface area contributed by atoms with Crippen molar-refractivity contribution in [1.29, 1.82) is 0 Å². The van der Waals surface area contributed by atoms with E-state index in [2.05, 4.69) is 24.5 Å². The molecule has 1 aliphatic carbocycles. The van der Waals surface area contributed by atoms with Gasteiger partial charge in [0.15, 0.2) is 0 Å². The Morgan fingerprint density at radius 1 is 1.47 bits per heavy atom. The first-order chi connectivity index (χ1) is 7.17. The minimum Gasteiger partial charge on any atom is -0.350 e. The largest absolute Gasteiger partial charge is 0.350 e. The molecule has 2 fully saturated rings. The van der Waals surface area contributed by atoms with Gasteiger partial charge in [-0.3, -0.25) is 4.79 Å². The SMILES string of the molecule is CCC1(NC(=O)[C@@H]2CNC[C@H]2C)CCC1. The molecule has 0 spiro atoms. The fourth-order valence-electron chi connectivity index (χ4n) is 2.69. The Morgan fingerprint density at radius 3 is 2.60 bits per heavy atom. The molecule has 15 heavy (non-hydrogen) atoms. The monoisotopic (exact) mass is 210 g/mol. The Morgan fingerprint density at radius 2 is 2.20 bits per heavy atom. The molecular weight excluding hydrogens is 188 g/mol. The summed E-state index contributed by atoms with van der Waals surface area (Å²) in [7, 11) is 0. The number of carbonyl (C=O) groups is 1. The zero-order valence-corrected chi connectivity index (χ0v) is 9.81. The highest BCUT2D eigenvalue weighted by Crippen LogP contribution is 2.35. The van der Waals surface area contributed by atoms with Crippen molar-refractivity contribution in [3.8, 4) is 0 Å². The van der Waals surface area contributed by atoms with E-state index < -0.39 is 0 Å². The van der Waals surface area contributed by atoms with Crippen LogP contribution >= 0.6 is 0 Å². The van der Waals surface area contributed by atoms with E-state index in [9.17, 15) is 4.79 Å². The van der Waals surface area contributed by atoms with Crippen LogP contribution in [0.3, 0.4) is 0 Å². The predicted octanol–water partition coefficient (Wildman–Crippen LogP) is 1.29. The minimum atomic E-state index is 0.152. The van der Waals surface area contributed by atoms with Crippen molar-refractivity contribution in [1.82, 2.24) is 10.6 Å². The molecule has 1 amide bonds. The summed E-state index contributed by atoms with van der Waals surface area (Å²) in [5.74, 6) is 0.946. The predicted molar refractivity (Wildman–Crippen MR) is 60.5 cm³/mol. The number of hydrogen-bond donors (Lipinski definition) is 2. The molecule has 0 bridgehead atoms. The van der Waals surface area contributed by atoms with Crippen molar-refractivity contribution in [2.75, 3.05) is 13.1 Å². The second-order valence-electron chi connectivity index (χ2n) is 5.22. The van der Waals surface area contributed by atoms with Crippen LogP contribution in [0.2, 0.25) is 0 Å². The first-order valence-electron chi connectivity index (χ1n) is 6.19. The second-order valence-corrected chi connectivity index (χ2v) is 5.22. The Hall–Kier alpha value is -0.570. The van der Waals surface area contributed by atoms with Crippen LogP contribution in [-0.2, 0) is 4.79 Å². The lowest BCUT2D eigenvalue weighted by Crippen LogP contribution is -2.55. The van der Waals surface area contributed by atoms with Gasteiger partial charge in [-0.15, -0.1) is 0 Å². The van der Waals surface area contributed by atoms with Crippen LogP contribution in [-0.4, -0.2) is 24.5 Å². The average molecular weight is 210 g/mol. The smallest absolute Gasteiger partial charge is 0.225 e. The summed E-state index contributed by atoms with van der Waals surface area (Å²) in [5.41, 5.74) is 0.152. The maximum absolute atomic E-state index is 12.1. The third-order valence-electron chi connectivity index (χ3n) is 4.23. The molecule has 0 radical (unpaired) electrons.